The highest BCUT2D eigenvalue weighted by Crippen LogP contribution is 2.14. The molecule has 1 saturated heterocycles. The quantitative estimate of drug-likeness (QED) is 0.789. The van der Waals surface area contributed by atoms with E-state index in [-0.39, 0.29) is 0 Å². The summed E-state index contributed by atoms with van der Waals surface area (Å²) in [5.41, 5.74) is 5.67. The van der Waals surface area contributed by atoms with Crippen molar-refractivity contribution in [2.24, 2.45) is 0 Å². The molecule has 2 N–H and O–H groups in total. The number of carboxylic acid groups (broad SMARTS) is 2. The second-order valence-corrected chi connectivity index (χ2v) is 7.08. The number of nitrogens with zero attached hydrogens (tertiary/aromatic N) is 2. The van der Waals surface area contributed by atoms with Crippen molar-refractivity contribution in [1.82, 2.24) is 9.80 Å². The van der Waals surface area contributed by atoms with Gasteiger partial charge in [0, 0.05) is 39.3 Å². The molecule has 28 heavy (non-hydrogen) atoms. The summed E-state index contributed by atoms with van der Waals surface area (Å²) in [5.74, 6) is -3.65. The van der Waals surface area contributed by atoms with Gasteiger partial charge in [0.15, 0.2) is 0 Å². The molecule has 1 fully saturated rings. The highest BCUT2D eigenvalue weighted by atomic mass is 16.4. The lowest BCUT2D eigenvalue weighted by molar-refractivity contribution is -0.159. The van der Waals surface area contributed by atoms with Crippen molar-refractivity contribution in [2.45, 2.75) is 26.9 Å². The standard InChI is InChI=1S/C20H26N2.C2H2O4/c1-17-6-5-8-19(14-17)15-21-10-12-22(13-11-21)16-20-9-4-3-7-18(20)2;3-1(4)2(5)6/h3-9,14H,10-13,15-16H2,1-2H3;(H,3,4)(H,5,6). The van der Waals surface area contributed by atoms with Crippen LogP contribution < -0.4 is 0 Å². The Bertz CT molecular complexity index is 787. The molecule has 0 atom stereocenters. The lowest BCUT2D eigenvalue weighted by Gasteiger charge is -2.35. The maximum Gasteiger partial charge on any atom is 0.414 e. The molecule has 150 valence electrons. The predicted octanol–water partition coefficient (Wildman–Crippen LogP) is 2.78. The summed E-state index contributed by atoms with van der Waals surface area (Å²) in [4.78, 5) is 23.4. The minimum atomic E-state index is -1.82. The molecule has 0 unspecified atom stereocenters. The number of piperazine rings is 1. The van der Waals surface area contributed by atoms with Crippen LogP contribution in [0, 0.1) is 13.8 Å². The van der Waals surface area contributed by atoms with E-state index < -0.39 is 11.9 Å². The van der Waals surface area contributed by atoms with Gasteiger partial charge in [0.05, 0.1) is 0 Å². The van der Waals surface area contributed by atoms with Gasteiger partial charge in [0.2, 0.25) is 0 Å². The van der Waals surface area contributed by atoms with Crippen molar-refractivity contribution >= 4 is 11.9 Å². The summed E-state index contributed by atoms with van der Waals surface area (Å²) in [6.07, 6.45) is 0. The van der Waals surface area contributed by atoms with Gasteiger partial charge in [-0.15, -0.1) is 0 Å². The maximum absolute atomic E-state index is 9.10. The number of aryl methyl sites for hydroxylation is 2. The van der Waals surface area contributed by atoms with Crippen molar-refractivity contribution in [2.75, 3.05) is 26.2 Å². The molecule has 3 rings (SSSR count). The lowest BCUT2D eigenvalue weighted by atomic mass is 10.1. The van der Waals surface area contributed by atoms with E-state index >= 15 is 0 Å². The average molecular weight is 384 g/mol. The first-order valence-corrected chi connectivity index (χ1v) is 9.36. The minimum absolute atomic E-state index is 1.08. The monoisotopic (exact) mass is 384 g/mol. The molecule has 6 heteroatoms. The normalized spacial score (nSPS) is 14.8. The van der Waals surface area contributed by atoms with Gasteiger partial charge in [-0.3, -0.25) is 9.80 Å². The molecule has 6 nitrogen and oxygen atoms in total. The molecule has 2 aromatic rings. The summed E-state index contributed by atoms with van der Waals surface area (Å²) >= 11 is 0. The number of hydrogen-bond donors (Lipinski definition) is 2. The SMILES string of the molecule is Cc1cccc(CN2CCN(Cc3ccccc3C)CC2)c1.O=C(O)C(=O)O. The first-order valence-electron chi connectivity index (χ1n) is 9.36. The lowest BCUT2D eigenvalue weighted by Crippen LogP contribution is -2.45. The average Bonchev–Trinajstić information content (AvgIpc) is 2.66. The smallest absolute Gasteiger partial charge is 0.414 e. The molecule has 0 bridgehead atoms. The Hall–Kier alpha value is -2.70. The zero-order valence-electron chi connectivity index (χ0n) is 16.5. The van der Waals surface area contributed by atoms with E-state index in [0.29, 0.717) is 0 Å². The van der Waals surface area contributed by atoms with Crippen molar-refractivity contribution in [1.29, 1.82) is 0 Å². The van der Waals surface area contributed by atoms with Crippen LogP contribution in [0.4, 0.5) is 0 Å². The van der Waals surface area contributed by atoms with Crippen LogP contribution >= 0.6 is 0 Å². The first kappa shape index (κ1) is 21.6. The van der Waals surface area contributed by atoms with Crippen LogP contribution in [0.2, 0.25) is 0 Å². The third kappa shape index (κ3) is 7.13. The zero-order valence-corrected chi connectivity index (χ0v) is 16.5. The summed E-state index contributed by atoms with van der Waals surface area (Å²) in [6, 6.07) is 17.6. The van der Waals surface area contributed by atoms with Gasteiger partial charge in [-0.25, -0.2) is 9.59 Å². The highest BCUT2D eigenvalue weighted by Gasteiger charge is 2.17. The van der Waals surface area contributed by atoms with Crippen molar-refractivity contribution in [3.05, 3.63) is 70.8 Å². The van der Waals surface area contributed by atoms with E-state index in [2.05, 4.69) is 72.2 Å². The fourth-order valence-electron chi connectivity index (χ4n) is 3.20. The Morgan fingerprint density at radius 2 is 1.39 bits per heavy atom. The fourth-order valence-corrected chi connectivity index (χ4v) is 3.20. The molecule has 0 spiro atoms. The Morgan fingerprint density at radius 1 is 0.821 bits per heavy atom. The number of benzene rings is 2. The predicted molar refractivity (Wildman–Crippen MR) is 108 cm³/mol. The van der Waals surface area contributed by atoms with Gasteiger partial charge in [-0.05, 0) is 30.5 Å². The Balaban J connectivity index is 0.000000409. The van der Waals surface area contributed by atoms with Crippen LogP contribution in [0.15, 0.2) is 48.5 Å². The van der Waals surface area contributed by atoms with Crippen LogP contribution in [0.5, 0.6) is 0 Å². The molecule has 2 aromatic carbocycles. The number of hydrogen-bond acceptors (Lipinski definition) is 4. The Morgan fingerprint density at radius 3 is 1.93 bits per heavy atom. The Labute approximate surface area is 166 Å². The third-order valence-corrected chi connectivity index (χ3v) is 4.79. The molecular formula is C22H28N2O4. The van der Waals surface area contributed by atoms with Gasteiger partial charge in [-0.2, -0.15) is 0 Å². The van der Waals surface area contributed by atoms with Crippen molar-refractivity contribution in [3.63, 3.8) is 0 Å². The van der Waals surface area contributed by atoms with Gasteiger partial charge in [0.1, 0.15) is 0 Å². The van der Waals surface area contributed by atoms with Gasteiger partial charge in [-0.1, -0.05) is 54.1 Å². The first-order chi connectivity index (χ1) is 13.3. The molecule has 1 aliphatic rings. The second kappa shape index (κ2) is 10.6. The largest absolute Gasteiger partial charge is 0.473 e. The summed E-state index contributed by atoms with van der Waals surface area (Å²) < 4.78 is 0. The number of aliphatic carboxylic acids is 2. The number of rotatable bonds is 4. The van der Waals surface area contributed by atoms with E-state index in [9.17, 15) is 0 Å². The second-order valence-electron chi connectivity index (χ2n) is 7.08. The van der Waals surface area contributed by atoms with Crippen LogP contribution in [0.3, 0.4) is 0 Å². The van der Waals surface area contributed by atoms with E-state index in [1.807, 2.05) is 0 Å². The molecule has 0 aromatic heterocycles. The van der Waals surface area contributed by atoms with E-state index in [4.69, 9.17) is 19.8 Å². The van der Waals surface area contributed by atoms with Crippen molar-refractivity contribution < 1.29 is 19.8 Å². The molecule has 0 radical (unpaired) electrons. The fraction of sp³-hybridized carbons (Fsp3) is 0.364. The van der Waals surface area contributed by atoms with E-state index in [0.717, 1.165) is 13.1 Å². The van der Waals surface area contributed by atoms with Crippen molar-refractivity contribution in [3.8, 4) is 0 Å². The van der Waals surface area contributed by atoms with Gasteiger partial charge < -0.3 is 10.2 Å². The zero-order chi connectivity index (χ0) is 20.5. The van der Waals surface area contributed by atoms with Gasteiger partial charge in [0.25, 0.3) is 0 Å². The molecular weight excluding hydrogens is 356 g/mol. The van der Waals surface area contributed by atoms with Crippen LogP contribution in [0.1, 0.15) is 22.3 Å². The van der Waals surface area contributed by atoms with Crippen LogP contribution in [-0.4, -0.2) is 58.1 Å². The van der Waals surface area contributed by atoms with Gasteiger partial charge >= 0.3 is 11.9 Å². The molecule has 1 heterocycles. The molecule has 1 aliphatic heterocycles. The summed E-state index contributed by atoms with van der Waals surface area (Å²) in [7, 11) is 0. The van der Waals surface area contributed by atoms with E-state index in [1.54, 1.807) is 0 Å². The molecule has 0 amide bonds. The van der Waals surface area contributed by atoms with Crippen LogP contribution in [-0.2, 0) is 22.7 Å². The molecule has 0 aliphatic carbocycles. The highest BCUT2D eigenvalue weighted by molar-refractivity contribution is 6.27. The summed E-state index contributed by atoms with van der Waals surface area (Å²) in [5, 5.41) is 14.8. The Kier molecular flexibility index (Phi) is 8.17. The number of carboxylic acids is 2. The number of carbonyl (C=O) groups is 2. The topological polar surface area (TPSA) is 81.1 Å². The maximum atomic E-state index is 9.10. The van der Waals surface area contributed by atoms with Crippen LogP contribution in [0.25, 0.3) is 0 Å². The third-order valence-electron chi connectivity index (χ3n) is 4.79. The minimum Gasteiger partial charge on any atom is -0.473 e. The summed E-state index contributed by atoms with van der Waals surface area (Å²) in [6.45, 7) is 11.2. The van der Waals surface area contributed by atoms with E-state index in [1.165, 1.54) is 48.4 Å². The molecule has 0 saturated carbocycles.